The Morgan fingerprint density at radius 1 is 0.880 bits per heavy atom. The minimum atomic E-state index is -1.01. The molecule has 0 saturated heterocycles. The third-order valence-electron chi connectivity index (χ3n) is 4.18. The molecule has 1 heterocycles. The van der Waals surface area contributed by atoms with Crippen LogP contribution >= 0.6 is 0 Å². The van der Waals surface area contributed by atoms with Gasteiger partial charge in [0.15, 0.2) is 5.78 Å². The molecule has 1 aliphatic heterocycles. The largest absolute Gasteiger partial charge is 0.478 e. The summed E-state index contributed by atoms with van der Waals surface area (Å²) in [5.41, 5.74) is 2.62. The standard InChI is InChI=1S/C19H15NO5/c21-15-9-16(11-1-5-13(6-2-11)18(22)23)17(20-10-15)12-3-7-14(8-4-12)19(24)25/h1-8,16H,9-10H2,(H,22,23)(H,24,25). The van der Waals surface area contributed by atoms with Crippen LogP contribution in [0.4, 0.5) is 0 Å². The van der Waals surface area contributed by atoms with Crippen LogP contribution < -0.4 is 0 Å². The van der Waals surface area contributed by atoms with Gasteiger partial charge in [-0.1, -0.05) is 24.3 Å². The highest BCUT2D eigenvalue weighted by atomic mass is 16.4. The maximum Gasteiger partial charge on any atom is 0.335 e. The van der Waals surface area contributed by atoms with Crippen LogP contribution in [0.1, 0.15) is 44.2 Å². The van der Waals surface area contributed by atoms with Crippen molar-refractivity contribution in [3.05, 3.63) is 70.8 Å². The average molecular weight is 337 g/mol. The van der Waals surface area contributed by atoms with Crippen LogP contribution in [0.15, 0.2) is 53.5 Å². The number of carboxylic acid groups (broad SMARTS) is 2. The lowest BCUT2D eigenvalue weighted by Crippen LogP contribution is -2.25. The molecule has 25 heavy (non-hydrogen) atoms. The Hall–Kier alpha value is -3.28. The lowest BCUT2D eigenvalue weighted by atomic mass is 9.83. The summed E-state index contributed by atoms with van der Waals surface area (Å²) >= 11 is 0. The zero-order valence-electron chi connectivity index (χ0n) is 13.2. The summed E-state index contributed by atoms with van der Waals surface area (Å²) in [6, 6.07) is 12.7. The Bertz CT molecular complexity index is 866. The van der Waals surface area contributed by atoms with Crippen molar-refractivity contribution in [3.8, 4) is 0 Å². The second-order valence-electron chi connectivity index (χ2n) is 5.81. The summed E-state index contributed by atoms with van der Waals surface area (Å²) in [7, 11) is 0. The van der Waals surface area contributed by atoms with Gasteiger partial charge in [0.05, 0.1) is 23.4 Å². The Labute approximate surface area is 143 Å². The molecule has 2 N–H and O–H groups in total. The SMILES string of the molecule is O=C1CN=C(c2ccc(C(=O)O)cc2)C(c2ccc(C(=O)O)cc2)C1. The molecule has 2 aromatic carbocycles. The molecule has 0 fully saturated rings. The monoisotopic (exact) mass is 337 g/mol. The minimum Gasteiger partial charge on any atom is -0.478 e. The molecule has 6 heteroatoms. The maximum absolute atomic E-state index is 11.9. The maximum atomic E-state index is 11.9. The number of benzene rings is 2. The molecule has 126 valence electrons. The molecule has 1 unspecified atom stereocenters. The first kappa shape index (κ1) is 16.6. The molecule has 0 bridgehead atoms. The lowest BCUT2D eigenvalue weighted by molar-refractivity contribution is -0.118. The predicted octanol–water partition coefficient (Wildman–Crippen LogP) is 2.63. The van der Waals surface area contributed by atoms with Crippen molar-refractivity contribution >= 4 is 23.4 Å². The fourth-order valence-electron chi connectivity index (χ4n) is 2.88. The third kappa shape index (κ3) is 3.47. The fourth-order valence-corrected chi connectivity index (χ4v) is 2.88. The van der Waals surface area contributed by atoms with Gasteiger partial charge in [-0.2, -0.15) is 0 Å². The van der Waals surface area contributed by atoms with E-state index in [0.29, 0.717) is 5.71 Å². The number of hydrogen-bond acceptors (Lipinski definition) is 4. The highest BCUT2D eigenvalue weighted by molar-refractivity contribution is 6.10. The van der Waals surface area contributed by atoms with Crippen molar-refractivity contribution in [3.63, 3.8) is 0 Å². The van der Waals surface area contributed by atoms with Crippen LogP contribution in [0, 0.1) is 0 Å². The second kappa shape index (κ2) is 6.68. The number of carbonyl (C=O) groups is 3. The topological polar surface area (TPSA) is 104 Å². The summed E-state index contributed by atoms with van der Waals surface area (Å²) < 4.78 is 0. The van der Waals surface area contributed by atoms with Gasteiger partial charge in [0.1, 0.15) is 0 Å². The van der Waals surface area contributed by atoms with Crippen molar-refractivity contribution in [1.29, 1.82) is 0 Å². The van der Waals surface area contributed by atoms with Crippen LogP contribution in [0.25, 0.3) is 0 Å². The molecule has 2 aromatic rings. The van der Waals surface area contributed by atoms with E-state index in [9.17, 15) is 14.4 Å². The zero-order valence-corrected chi connectivity index (χ0v) is 13.2. The van der Waals surface area contributed by atoms with E-state index in [1.165, 1.54) is 24.3 Å². The van der Waals surface area contributed by atoms with Gasteiger partial charge in [-0.15, -0.1) is 0 Å². The van der Waals surface area contributed by atoms with Crippen LogP contribution in [-0.4, -0.2) is 40.2 Å². The first-order chi connectivity index (χ1) is 12.0. The van der Waals surface area contributed by atoms with Crippen molar-refractivity contribution in [2.24, 2.45) is 4.99 Å². The smallest absolute Gasteiger partial charge is 0.335 e. The van der Waals surface area contributed by atoms with E-state index in [2.05, 4.69) is 4.99 Å². The molecule has 0 amide bonds. The van der Waals surface area contributed by atoms with Gasteiger partial charge >= 0.3 is 11.9 Å². The van der Waals surface area contributed by atoms with E-state index in [4.69, 9.17) is 10.2 Å². The van der Waals surface area contributed by atoms with Crippen molar-refractivity contribution < 1.29 is 24.6 Å². The van der Waals surface area contributed by atoms with Crippen LogP contribution in [0.2, 0.25) is 0 Å². The quantitative estimate of drug-likeness (QED) is 0.892. The van der Waals surface area contributed by atoms with Crippen LogP contribution in [-0.2, 0) is 4.79 Å². The number of aromatic carboxylic acids is 2. The van der Waals surface area contributed by atoms with Gasteiger partial charge in [0.25, 0.3) is 0 Å². The number of carbonyl (C=O) groups excluding carboxylic acids is 1. The van der Waals surface area contributed by atoms with Gasteiger partial charge in [0.2, 0.25) is 0 Å². The van der Waals surface area contributed by atoms with E-state index in [1.54, 1.807) is 24.3 Å². The van der Waals surface area contributed by atoms with Gasteiger partial charge < -0.3 is 10.2 Å². The third-order valence-corrected chi connectivity index (χ3v) is 4.18. The Balaban J connectivity index is 1.96. The highest BCUT2D eigenvalue weighted by Crippen LogP contribution is 2.29. The molecule has 1 atom stereocenters. The first-order valence-electron chi connectivity index (χ1n) is 7.68. The van der Waals surface area contributed by atoms with Crippen molar-refractivity contribution in [2.45, 2.75) is 12.3 Å². The molecule has 0 aromatic heterocycles. The molecular weight excluding hydrogens is 322 g/mol. The summed E-state index contributed by atoms with van der Waals surface area (Å²) in [6.45, 7) is 0.0969. The molecule has 3 rings (SSSR count). The summed E-state index contributed by atoms with van der Waals surface area (Å²) in [6.07, 6.45) is 0.284. The van der Waals surface area contributed by atoms with Crippen LogP contribution in [0.3, 0.4) is 0 Å². The molecule has 0 radical (unpaired) electrons. The predicted molar refractivity (Wildman–Crippen MR) is 90.6 cm³/mol. The number of rotatable bonds is 4. The van der Waals surface area contributed by atoms with Gasteiger partial charge in [0, 0.05) is 12.3 Å². The molecule has 0 saturated carbocycles. The van der Waals surface area contributed by atoms with Gasteiger partial charge in [-0.3, -0.25) is 9.79 Å². The molecule has 0 spiro atoms. The Kier molecular flexibility index (Phi) is 4.43. The van der Waals surface area contributed by atoms with Crippen molar-refractivity contribution in [1.82, 2.24) is 0 Å². The zero-order chi connectivity index (χ0) is 18.0. The summed E-state index contributed by atoms with van der Waals surface area (Å²) in [4.78, 5) is 38.2. The molecule has 0 aliphatic carbocycles. The average Bonchev–Trinajstić information content (AvgIpc) is 2.62. The summed E-state index contributed by atoms with van der Waals surface area (Å²) in [5.74, 6) is -2.28. The van der Waals surface area contributed by atoms with Crippen LogP contribution in [0.5, 0.6) is 0 Å². The minimum absolute atomic E-state index is 0.0122. The Morgan fingerprint density at radius 2 is 1.40 bits per heavy atom. The van der Waals surface area contributed by atoms with E-state index < -0.39 is 11.9 Å². The second-order valence-corrected chi connectivity index (χ2v) is 5.81. The lowest BCUT2D eigenvalue weighted by Gasteiger charge is -2.23. The first-order valence-corrected chi connectivity index (χ1v) is 7.68. The van der Waals surface area contributed by atoms with Gasteiger partial charge in [-0.05, 0) is 35.4 Å². The summed E-state index contributed by atoms with van der Waals surface area (Å²) in [5, 5.41) is 18.0. The number of carboxylic acids is 2. The molecular formula is C19H15NO5. The van der Waals surface area contributed by atoms with E-state index >= 15 is 0 Å². The van der Waals surface area contributed by atoms with E-state index in [-0.39, 0.29) is 35.8 Å². The fraction of sp³-hybridized carbons (Fsp3) is 0.158. The Morgan fingerprint density at radius 3 is 1.92 bits per heavy atom. The number of ketones is 1. The number of aliphatic imine (C=N–C) groups is 1. The number of hydrogen-bond donors (Lipinski definition) is 2. The van der Waals surface area contributed by atoms with E-state index in [1.807, 2.05) is 0 Å². The van der Waals surface area contributed by atoms with E-state index in [0.717, 1.165) is 11.1 Å². The molecule has 1 aliphatic rings. The molecule has 6 nitrogen and oxygen atoms in total. The number of nitrogens with zero attached hydrogens (tertiary/aromatic N) is 1. The number of Topliss-reactive ketones (excluding diaryl/α,β-unsaturated/α-hetero) is 1. The highest BCUT2D eigenvalue weighted by Gasteiger charge is 2.27. The van der Waals surface area contributed by atoms with Gasteiger partial charge in [-0.25, -0.2) is 9.59 Å². The van der Waals surface area contributed by atoms with Crippen molar-refractivity contribution in [2.75, 3.05) is 6.54 Å². The normalized spacial score (nSPS) is 17.0.